The topological polar surface area (TPSA) is 58.4 Å². The zero-order chi connectivity index (χ0) is 11.5. The molecule has 1 fully saturated rings. The average Bonchev–Trinajstić information content (AvgIpc) is 2.83. The highest BCUT2D eigenvalue weighted by Gasteiger charge is 2.29. The molecule has 0 aliphatic carbocycles. The van der Waals surface area contributed by atoms with Crippen molar-refractivity contribution in [3.05, 3.63) is 22.4 Å². The summed E-state index contributed by atoms with van der Waals surface area (Å²) in [4.78, 5) is 14.7. The van der Waals surface area contributed by atoms with Crippen molar-refractivity contribution in [2.45, 2.75) is 25.4 Å². The fraction of sp³-hybridized carbons (Fsp3) is 0.545. The van der Waals surface area contributed by atoms with Crippen molar-refractivity contribution in [1.82, 2.24) is 10.2 Å². The lowest BCUT2D eigenvalue weighted by Gasteiger charge is -2.15. The highest BCUT2D eigenvalue weighted by molar-refractivity contribution is 7.10. The van der Waals surface area contributed by atoms with E-state index < -0.39 is 0 Å². The third-order valence-electron chi connectivity index (χ3n) is 2.73. The smallest absolute Gasteiger partial charge is 0.318 e. The van der Waals surface area contributed by atoms with Gasteiger partial charge in [-0.25, -0.2) is 4.79 Å². The van der Waals surface area contributed by atoms with E-state index >= 15 is 0 Å². The minimum absolute atomic E-state index is 0.0269. The van der Waals surface area contributed by atoms with Crippen LogP contribution in [-0.2, 0) is 0 Å². The van der Waals surface area contributed by atoms with Crippen LogP contribution in [0.25, 0.3) is 0 Å². The maximum absolute atomic E-state index is 11.7. The summed E-state index contributed by atoms with van der Waals surface area (Å²) < 4.78 is 0. The molecule has 2 amide bonds. The minimum Gasteiger partial charge on any atom is -0.329 e. The van der Waals surface area contributed by atoms with Gasteiger partial charge in [-0.05, 0) is 24.8 Å². The van der Waals surface area contributed by atoms with E-state index in [0.29, 0.717) is 0 Å². The van der Waals surface area contributed by atoms with Crippen LogP contribution in [0.2, 0.25) is 0 Å². The summed E-state index contributed by atoms with van der Waals surface area (Å²) in [5, 5.41) is 5.02. The van der Waals surface area contributed by atoms with Gasteiger partial charge in [0, 0.05) is 24.0 Å². The van der Waals surface area contributed by atoms with E-state index in [1.807, 2.05) is 23.3 Å². The molecule has 2 unspecified atom stereocenters. The largest absolute Gasteiger partial charge is 0.329 e. The molecular formula is C11H17N3OS. The van der Waals surface area contributed by atoms with E-state index in [-0.39, 0.29) is 18.1 Å². The third-order valence-corrected chi connectivity index (χ3v) is 3.71. The summed E-state index contributed by atoms with van der Waals surface area (Å²) in [7, 11) is 0. The molecule has 0 spiro atoms. The summed E-state index contributed by atoms with van der Waals surface area (Å²) in [5.74, 6) is 0. The number of urea groups is 1. The SMILES string of the molecule is CC(N)CCN1CC(c2cccs2)NC1=O. The average molecular weight is 239 g/mol. The van der Waals surface area contributed by atoms with Crippen LogP contribution in [-0.4, -0.2) is 30.1 Å². The predicted octanol–water partition coefficient (Wildman–Crippen LogP) is 1.55. The molecule has 0 aromatic carbocycles. The molecule has 0 radical (unpaired) electrons. The molecule has 3 N–H and O–H groups in total. The number of carbonyl (C=O) groups is 1. The predicted molar refractivity (Wildman–Crippen MR) is 65.4 cm³/mol. The monoisotopic (exact) mass is 239 g/mol. The molecule has 1 aromatic heterocycles. The van der Waals surface area contributed by atoms with Crippen LogP contribution >= 0.6 is 11.3 Å². The molecule has 1 aromatic rings. The fourth-order valence-corrected chi connectivity index (χ4v) is 2.56. The Morgan fingerprint density at radius 1 is 1.75 bits per heavy atom. The first-order chi connectivity index (χ1) is 7.66. The molecule has 5 heteroatoms. The van der Waals surface area contributed by atoms with Crippen LogP contribution in [0.5, 0.6) is 0 Å². The van der Waals surface area contributed by atoms with Crippen molar-refractivity contribution < 1.29 is 4.79 Å². The Morgan fingerprint density at radius 2 is 2.56 bits per heavy atom. The number of rotatable bonds is 4. The number of hydrogen-bond acceptors (Lipinski definition) is 3. The van der Waals surface area contributed by atoms with Gasteiger partial charge in [-0.1, -0.05) is 6.07 Å². The van der Waals surface area contributed by atoms with Crippen LogP contribution < -0.4 is 11.1 Å². The van der Waals surface area contributed by atoms with Crippen LogP contribution in [0.4, 0.5) is 4.79 Å². The summed E-state index contributed by atoms with van der Waals surface area (Å²) in [6.45, 7) is 3.46. The molecule has 0 saturated carbocycles. The van der Waals surface area contributed by atoms with Gasteiger partial charge >= 0.3 is 6.03 Å². The van der Waals surface area contributed by atoms with Crippen molar-refractivity contribution in [2.24, 2.45) is 5.73 Å². The molecular weight excluding hydrogens is 222 g/mol. The van der Waals surface area contributed by atoms with Crippen LogP contribution in [0, 0.1) is 0 Å². The summed E-state index contributed by atoms with van der Waals surface area (Å²) in [6, 6.07) is 4.40. The number of thiophene rings is 1. The van der Waals surface area contributed by atoms with Crippen molar-refractivity contribution in [3.63, 3.8) is 0 Å². The molecule has 0 bridgehead atoms. The van der Waals surface area contributed by atoms with Crippen molar-refractivity contribution >= 4 is 17.4 Å². The number of nitrogens with zero attached hydrogens (tertiary/aromatic N) is 1. The van der Waals surface area contributed by atoms with Crippen LogP contribution in [0.3, 0.4) is 0 Å². The molecule has 1 aliphatic rings. The minimum atomic E-state index is 0.0269. The zero-order valence-electron chi connectivity index (χ0n) is 9.35. The van der Waals surface area contributed by atoms with E-state index in [0.717, 1.165) is 19.5 Å². The number of carbonyl (C=O) groups excluding carboxylic acids is 1. The second-order valence-electron chi connectivity index (χ2n) is 4.23. The quantitative estimate of drug-likeness (QED) is 0.837. The lowest BCUT2D eigenvalue weighted by atomic mass is 10.2. The standard InChI is InChI=1S/C11H17N3OS/c1-8(12)4-5-14-7-9(13-11(14)15)10-3-2-6-16-10/h2-3,6,8-9H,4-5,7,12H2,1H3,(H,13,15). The summed E-state index contributed by atoms with van der Waals surface area (Å²) >= 11 is 1.68. The highest BCUT2D eigenvalue weighted by atomic mass is 32.1. The van der Waals surface area contributed by atoms with Gasteiger partial charge in [-0.3, -0.25) is 0 Å². The first kappa shape index (κ1) is 11.4. The van der Waals surface area contributed by atoms with Gasteiger partial charge in [0.1, 0.15) is 0 Å². The van der Waals surface area contributed by atoms with Crippen molar-refractivity contribution in [1.29, 1.82) is 0 Å². The number of nitrogens with one attached hydrogen (secondary N) is 1. The Balaban J connectivity index is 1.92. The van der Waals surface area contributed by atoms with Gasteiger partial charge in [-0.2, -0.15) is 0 Å². The Labute approximate surface area is 99.4 Å². The first-order valence-electron chi connectivity index (χ1n) is 5.51. The van der Waals surface area contributed by atoms with Gasteiger partial charge < -0.3 is 16.0 Å². The Hall–Kier alpha value is -1.07. The molecule has 16 heavy (non-hydrogen) atoms. The molecule has 88 valence electrons. The third kappa shape index (κ3) is 2.54. The van der Waals surface area contributed by atoms with E-state index in [1.54, 1.807) is 11.3 Å². The normalized spacial score (nSPS) is 22.2. The second kappa shape index (κ2) is 4.84. The van der Waals surface area contributed by atoms with Crippen LogP contribution in [0.15, 0.2) is 17.5 Å². The number of amides is 2. The number of hydrogen-bond donors (Lipinski definition) is 2. The van der Waals surface area contributed by atoms with E-state index in [1.165, 1.54) is 4.88 Å². The van der Waals surface area contributed by atoms with Crippen molar-refractivity contribution in [2.75, 3.05) is 13.1 Å². The van der Waals surface area contributed by atoms with E-state index in [4.69, 9.17) is 5.73 Å². The molecule has 1 saturated heterocycles. The lowest BCUT2D eigenvalue weighted by molar-refractivity contribution is 0.216. The van der Waals surface area contributed by atoms with E-state index in [9.17, 15) is 4.79 Å². The Kier molecular flexibility index (Phi) is 3.46. The molecule has 2 heterocycles. The highest BCUT2D eigenvalue weighted by Crippen LogP contribution is 2.24. The van der Waals surface area contributed by atoms with Crippen molar-refractivity contribution in [3.8, 4) is 0 Å². The molecule has 2 rings (SSSR count). The van der Waals surface area contributed by atoms with Gasteiger partial charge in [-0.15, -0.1) is 11.3 Å². The maximum atomic E-state index is 11.7. The van der Waals surface area contributed by atoms with Crippen LogP contribution in [0.1, 0.15) is 24.3 Å². The Morgan fingerprint density at radius 3 is 3.19 bits per heavy atom. The molecule has 4 nitrogen and oxygen atoms in total. The lowest BCUT2D eigenvalue weighted by Crippen LogP contribution is -2.32. The first-order valence-corrected chi connectivity index (χ1v) is 6.39. The fourth-order valence-electron chi connectivity index (χ4n) is 1.79. The molecule has 1 aliphatic heterocycles. The summed E-state index contributed by atoms with van der Waals surface area (Å²) in [6.07, 6.45) is 0.852. The van der Waals surface area contributed by atoms with Gasteiger partial charge in [0.2, 0.25) is 0 Å². The summed E-state index contributed by atoms with van der Waals surface area (Å²) in [5.41, 5.74) is 5.69. The van der Waals surface area contributed by atoms with Gasteiger partial charge in [0.05, 0.1) is 6.04 Å². The van der Waals surface area contributed by atoms with Gasteiger partial charge in [0.25, 0.3) is 0 Å². The number of nitrogens with two attached hydrogens (primary N) is 1. The van der Waals surface area contributed by atoms with E-state index in [2.05, 4.69) is 11.4 Å². The molecule has 2 atom stereocenters. The second-order valence-corrected chi connectivity index (χ2v) is 5.21. The van der Waals surface area contributed by atoms with Gasteiger partial charge in [0.15, 0.2) is 0 Å². The maximum Gasteiger partial charge on any atom is 0.318 e. The Bertz CT molecular complexity index is 350. The zero-order valence-corrected chi connectivity index (χ0v) is 10.2.